The molecule has 1 aromatic rings. The van der Waals surface area contributed by atoms with Gasteiger partial charge in [0.1, 0.15) is 11.6 Å². The van der Waals surface area contributed by atoms with Crippen molar-refractivity contribution in [3.8, 4) is 6.07 Å². The summed E-state index contributed by atoms with van der Waals surface area (Å²) in [5.41, 5.74) is 0.763. The van der Waals surface area contributed by atoms with Gasteiger partial charge in [-0.15, -0.1) is 6.58 Å². The summed E-state index contributed by atoms with van der Waals surface area (Å²) >= 11 is 0. The Balaban J connectivity index is 3.40. The Kier molecular flexibility index (Phi) is 2.65. The first-order chi connectivity index (χ1) is 6.20. The van der Waals surface area contributed by atoms with Crippen molar-refractivity contribution in [3.05, 3.63) is 46.4 Å². The van der Waals surface area contributed by atoms with Gasteiger partial charge in [-0.25, -0.2) is 0 Å². The second-order valence-corrected chi connectivity index (χ2v) is 2.70. The maximum atomic E-state index is 11.5. The van der Waals surface area contributed by atoms with Crippen LogP contribution in [-0.4, -0.2) is 4.57 Å². The van der Waals surface area contributed by atoms with Crippen molar-refractivity contribution >= 4 is 0 Å². The van der Waals surface area contributed by atoms with Gasteiger partial charge in [0.05, 0.1) is 0 Å². The van der Waals surface area contributed by atoms with Crippen molar-refractivity contribution in [2.24, 2.45) is 0 Å². The lowest BCUT2D eigenvalue weighted by Crippen LogP contribution is -2.23. The van der Waals surface area contributed by atoms with Crippen molar-refractivity contribution < 1.29 is 0 Å². The molecule has 0 saturated carbocycles. The fourth-order valence-electron chi connectivity index (χ4n) is 1.11. The fraction of sp³-hybridized carbons (Fsp3) is 0.200. The fourth-order valence-corrected chi connectivity index (χ4v) is 1.11. The molecular formula is C10H10N2O. The largest absolute Gasteiger partial charge is 0.308 e. The molecule has 0 spiro atoms. The molecule has 0 atom stereocenters. The third-order valence-electron chi connectivity index (χ3n) is 1.82. The first kappa shape index (κ1) is 9.27. The van der Waals surface area contributed by atoms with Crippen molar-refractivity contribution in [1.29, 1.82) is 5.26 Å². The van der Waals surface area contributed by atoms with Gasteiger partial charge in [-0.05, 0) is 19.1 Å². The molecule has 1 aromatic heterocycles. The van der Waals surface area contributed by atoms with Gasteiger partial charge in [-0.1, -0.05) is 6.08 Å². The normalized spacial score (nSPS) is 9.23. The average Bonchev–Trinajstić information content (AvgIpc) is 2.12. The Morgan fingerprint density at radius 3 is 2.92 bits per heavy atom. The van der Waals surface area contributed by atoms with Gasteiger partial charge in [0.15, 0.2) is 0 Å². The van der Waals surface area contributed by atoms with E-state index in [2.05, 4.69) is 6.58 Å². The van der Waals surface area contributed by atoms with E-state index in [9.17, 15) is 4.79 Å². The van der Waals surface area contributed by atoms with Crippen molar-refractivity contribution in [1.82, 2.24) is 4.57 Å². The average molecular weight is 174 g/mol. The molecule has 0 saturated heterocycles. The second kappa shape index (κ2) is 3.72. The molecule has 3 heteroatoms. The molecule has 13 heavy (non-hydrogen) atoms. The summed E-state index contributed by atoms with van der Waals surface area (Å²) in [6.07, 6.45) is 1.63. The van der Waals surface area contributed by atoms with Crippen LogP contribution in [0.2, 0.25) is 0 Å². The van der Waals surface area contributed by atoms with Gasteiger partial charge in [-0.3, -0.25) is 4.79 Å². The number of aryl methyl sites for hydroxylation is 1. The molecule has 0 N–H and O–H groups in total. The van der Waals surface area contributed by atoms with E-state index in [1.54, 1.807) is 12.1 Å². The van der Waals surface area contributed by atoms with E-state index in [1.165, 1.54) is 10.6 Å². The molecule has 66 valence electrons. The smallest absolute Gasteiger partial charge is 0.268 e. The van der Waals surface area contributed by atoms with Gasteiger partial charge in [-0.2, -0.15) is 5.26 Å². The molecular weight excluding hydrogens is 164 g/mol. The molecule has 0 bridgehead atoms. The molecule has 0 fully saturated rings. The Morgan fingerprint density at radius 1 is 1.69 bits per heavy atom. The number of allylic oxidation sites excluding steroid dienone is 1. The van der Waals surface area contributed by atoms with Crippen molar-refractivity contribution in [2.45, 2.75) is 13.5 Å². The maximum Gasteiger partial charge on any atom is 0.268 e. The van der Waals surface area contributed by atoms with Crippen LogP contribution in [0.1, 0.15) is 11.3 Å². The second-order valence-electron chi connectivity index (χ2n) is 2.70. The SMILES string of the molecule is C=CCn1c(C)ccc(C#N)c1=O. The monoisotopic (exact) mass is 174 g/mol. The lowest BCUT2D eigenvalue weighted by Gasteiger charge is -2.06. The van der Waals surface area contributed by atoms with Gasteiger partial charge >= 0.3 is 0 Å². The zero-order chi connectivity index (χ0) is 9.84. The standard InChI is InChI=1S/C10H10N2O/c1-3-6-12-8(2)4-5-9(7-11)10(12)13/h3-5H,1,6H2,2H3. The predicted molar refractivity (Wildman–Crippen MR) is 50.4 cm³/mol. The molecule has 0 amide bonds. The van der Waals surface area contributed by atoms with Gasteiger partial charge in [0.2, 0.25) is 0 Å². The molecule has 1 heterocycles. The highest BCUT2D eigenvalue weighted by Crippen LogP contribution is 1.97. The summed E-state index contributed by atoms with van der Waals surface area (Å²) in [5.74, 6) is 0. The number of rotatable bonds is 2. The molecule has 0 radical (unpaired) electrons. The summed E-state index contributed by atoms with van der Waals surface area (Å²) in [5, 5.41) is 8.61. The lowest BCUT2D eigenvalue weighted by molar-refractivity contribution is 0.745. The first-order valence-electron chi connectivity index (χ1n) is 3.92. The third-order valence-corrected chi connectivity index (χ3v) is 1.82. The van der Waals surface area contributed by atoms with E-state index >= 15 is 0 Å². The van der Waals surface area contributed by atoms with Crippen molar-refractivity contribution in [2.75, 3.05) is 0 Å². The van der Waals surface area contributed by atoms with E-state index in [4.69, 9.17) is 5.26 Å². The van der Waals surface area contributed by atoms with Gasteiger partial charge in [0, 0.05) is 12.2 Å². The van der Waals surface area contributed by atoms with Crippen LogP contribution in [0.25, 0.3) is 0 Å². The Labute approximate surface area is 76.6 Å². The molecule has 1 rings (SSSR count). The molecule has 0 aliphatic heterocycles. The van der Waals surface area contributed by atoms with Crippen molar-refractivity contribution in [3.63, 3.8) is 0 Å². The zero-order valence-electron chi connectivity index (χ0n) is 7.45. The number of hydrogen-bond acceptors (Lipinski definition) is 2. The van der Waals surface area contributed by atoms with Crippen LogP contribution in [0.5, 0.6) is 0 Å². The molecule has 0 aliphatic rings. The topological polar surface area (TPSA) is 45.8 Å². The number of hydrogen-bond donors (Lipinski definition) is 0. The Hall–Kier alpha value is -1.82. The highest BCUT2D eigenvalue weighted by atomic mass is 16.1. The van der Waals surface area contributed by atoms with E-state index in [-0.39, 0.29) is 11.1 Å². The molecule has 0 aliphatic carbocycles. The Morgan fingerprint density at radius 2 is 2.38 bits per heavy atom. The van der Waals surface area contributed by atoms with Crippen LogP contribution in [0, 0.1) is 18.3 Å². The van der Waals surface area contributed by atoms with Crippen LogP contribution >= 0.6 is 0 Å². The minimum absolute atomic E-state index is 0.174. The van der Waals surface area contributed by atoms with Crippen LogP contribution in [0.15, 0.2) is 29.6 Å². The maximum absolute atomic E-state index is 11.5. The third kappa shape index (κ3) is 1.67. The summed E-state index contributed by atoms with van der Waals surface area (Å²) in [6, 6.07) is 5.15. The zero-order valence-corrected chi connectivity index (χ0v) is 7.45. The van der Waals surface area contributed by atoms with Crippen LogP contribution in [0.3, 0.4) is 0 Å². The highest BCUT2D eigenvalue weighted by molar-refractivity contribution is 5.27. The Bertz CT molecular complexity index is 424. The quantitative estimate of drug-likeness (QED) is 0.633. The number of nitrogens with zero attached hydrogens (tertiary/aromatic N) is 2. The summed E-state index contributed by atoms with van der Waals surface area (Å²) in [6.45, 7) is 5.82. The lowest BCUT2D eigenvalue weighted by atomic mass is 10.2. The van der Waals surface area contributed by atoms with Gasteiger partial charge < -0.3 is 4.57 Å². The first-order valence-corrected chi connectivity index (χ1v) is 3.92. The number of nitriles is 1. The van der Waals surface area contributed by atoms with Gasteiger partial charge in [0.25, 0.3) is 5.56 Å². The minimum atomic E-state index is -0.248. The van der Waals surface area contributed by atoms with E-state index in [1.807, 2.05) is 13.0 Å². The van der Waals surface area contributed by atoms with Crippen LogP contribution < -0.4 is 5.56 Å². The molecule has 0 unspecified atom stereocenters. The minimum Gasteiger partial charge on any atom is -0.308 e. The van der Waals surface area contributed by atoms with E-state index in [0.717, 1.165) is 5.69 Å². The van der Waals surface area contributed by atoms with E-state index in [0.29, 0.717) is 6.54 Å². The number of aromatic nitrogens is 1. The summed E-state index contributed by atoms with van der Waals surface area (Å²) in [7, 11) is 0. The van der Waals surface area contributed by atoms with Crippen LogP contribution in [-0.2, 0) is 6.54 Å². The summed E-state index contributed by atoms with van der Waals surface area (Å²) < 4.78 is 1.52. The highest BCUT2D eigenvalue weighted by Gasteiger charge is 2.03. The van der Waals surface area contributed by atoms with E-state index < -0.39 is 0 Å². The van der Waals surface area contributed by atoms with Crippen LogP contribution in [0.4, 0.5) is 0 Å². The predicted octanol–water partition coefficient (Wildman–Crippen LogP) is 1.21. The summed E-state index contributed by atoms with van der Waals surface area (Å²) in [4.78, 5) is 11.5. The molecule has 3 nitrogen and oxygen atoms in total. The molecule has 0 aromatic carbocycles. The number of pyridine rings is 1.